The van der Waals surface area contributed by atoms with Crippen LogP contribution in [-0.2, 0) is 0 Å². The lowest BCUT2D eigenvalue weighted by Crippen LogP contribution is -2.04. The molecule has 0 aliphatic carbocycles. The number of rotatable bonds is 1. The van der Waals surface area contributed by atoms with Gasteiger partial charge in [0.05, 0.1) is 11.8 Å². The second-order valence-corrected chi connectivity index (χ2v) is 2.96. The molecule has 0 fully saturated rings. The van der Waals surface area contributed by atoms with Gasteiger partial charge in [0, 0.05) is 24.0 Å². The van der Waals surface area contributed by atoms with Crippen LogP contribution in [0.2, 0.25) is 0 Å². The van der Waals surface area contributed by atoms with Gasteiger partial charge < -0.3 is 4.42 Å². The van der Waals surface area contributed by atoms with Gasteiger partial charge in [0.2, 0.25) is 0 Å². The van der Waals surface area contributed by atoms with E-state index in [1.165, 1.54) is 12.3 Å². The first-order chi connectivity index (χ1) is 6.79. The number of aryl methyl sites for hydroxylation is 1. The van der Waals surface area contributed by atoms with Crippen molar-refractivity contribution >= 4 is 0 Å². The Balaban J connectivity index is 2.69. The van der Waals surface area contributed by atoms with Crippen LogP contribution in [-0.4, -0.2) is 4.98 Å². The highest BCUT2D eigenvalue weighted by Gasteiger charge is 2.06. The molecule has 0 saturated carbocycles. The van der Waals surface area contributed by atoms with Gasteiger partial charge in [-0.3, -0.25) is 9.78 Å². The number of hydrogen-bond donors (Lipinski definition) is 0. The Labute approximate surface area is 81.0 Å². The summed E-state index contributed by atoms with van der Waals surface area (Å²) in [6, 6.07) is 5.04. The third kappa shape index (κ3) is 1.44. The molecule has 0 aromatic carbocycles. The molecule has 0 radical (unpaired) electrons. The molecule has 2 aromatic heterocycles. The van der Waals surface area contributed by atoms with Crippen LogP contribution in [0.4, 0.5) is 0 Å². The summed E-state index contributed by atoms with van der Waals surface area (Å²) in [5.41, 5.74) is 1.33. The van der Waals surface area contributed by atoms with Gasteiger partial charge in [0.1, 0.15) is 5.76 Å². The zero-order valence-electron chi connectivity index (χ0n) is 7.73. The minimum absolute atomic E-state index is 0.0400. The molecule has 0 saturated heterocycles. The van der Waals surface area contributed by atoms with Gasteiger partial charge in [-0.15, -0.1) is 0 Å². The molecule has 2 aromatic rings. The van der Waals surface area contributed by atoms with Crippen molar-refractivity contribution in [1.29, 1.82) is 0 Å². The maximum atomic E-state index is 11.6. The predicted molar refractivity (Wildman–Crippen MR) is 52.9 cm³/mol. The standard InChI is InChI=1S/C11H9NO2/c1-8-11(10(13)4-6-14-8)9-3-2-5-12-7-9/h2-7H,1H3. The largest absolute Gasteiger partial charge is 0.469 e. The second-order valence-electron chi connectivity index (χ2n) is 2.96. The molecule has 3 nitrogen and oxygen atoms in total. The molecule has 0 N–H and O–H groups in total. The molecular formula is C11H9NO2. The Morgan fingerprint density at radius 1 is 1.36 bits per heavy atom. The van der Waals surface area contributed by atoms with Gasteiger partial charge in [0.15, 0.2) is 5.43 Å². The number of nitrogens with zero attached hydrogens (tertiary/aromatic N) is 1. The SMILES string of the molecule is Cc1occc(=O)c1-c1cccnc1. The van der Waals surface area contributed by atoms with Crippen LogP contribution >= 0.6 is 0 Å². The lowest BCUT2D eigenvalue weighted by Gasteiger charge is -2.01. The Hall–Kier alpha value is -1.90. The molecule has 0 aliphatic heterocycles. The Bertz CT molecular complexity index is 488. The molecule has 0 amide bonds. The summed E-state index contributed by atoms with van der Waals surface area (Å²) < 4.78 is 5.17. The van der Waals surface area contributed by atoms with Crippen LogP contribution in [0.3, 0.4) is 0 Å². The second kappa shape index (κ2) is 3.46. The number of aromatic nitrogens is 1. The molecule has 0 spiro atoms. The third-order valence-electron chi connectivity index (χ3n) is 2.01. The van der Waals surface area contributed by atoms with E-state index in [0.29, 0.717) is 11.3 Å². The average Bonchev–Trinajstić information content (AvgIpc) is 2.19. The van der Waals surface area contributed by atoms with E-state index in [2.05, 4.69) is 4.98 Å². The maximum absolute atomic E-state index is 11.6. The van der Waals surface area contributed by atoms with Gasteiger partial charge in [-0.25, -0.2) is 0 Å². The van der Waals surface area contributed by atoms with E-state index in [4.69, 9.17) is 4.42 Å². The van der Waals surface area contributed by atoms with Crippen molar-refractivity contribution in [3.8, 4) is 11.1 Å². The zero-order chi connectivity index (χ0) is 9.97. The predicted octanol–water partition coefficient (Wildman–Crippen LogP) is 2.01. The van der Waals surface area contributed by atoms with Crippen LogP contribution in [0.25, 0.3) is 11.1 Å². The zero-order valence-corrected chi connectivity index (χ0v) is 7.73. The fraction of sp³-hybridized carbons (Fsp3) is 0.0909. The normalized spacial score (nSPS) is 10.1. The molecular weight excluding hydrogens is 178 g/mol. The first kappa shape index (κ1) is 8.69. The van der Waals surface area contributed by atoms with Gasteiger partial charge in [-0.1, -0.05) is 6.07 Å². The minimum atomic E-state index is -0.0400. The lowest BCUT2D eigenvalue weighted by molar-refractivity contribution is 0.517. The monoisotopic (exact) mass is 187 g/mol. The van der Waals surface area contributed by atoms with Crippen molar-refractivity contribution in [3.05, 3.63) is 52.8 Å². The molecule has 2 heterocycles. The average molecular weight is 187 g/mol. The van der Waals surface area contributed by atoms with Crippen molar-refractivity contribution in [1.82, 2.24) is 4.98 Å². The van der Waals surface area contributed by atoms with Crippen LogP contribution in [0, 0.1) is 6.92 Å². The highest BCUT2D eigenvalue weighted by atomic mass is 16.3. The third-order valence-corrected chi connectivity index (χ3v) is 2.01. The van der Waals surface area contributed by atoms with E-state index in [1.54, 1.807) is 25.4 Å². The summed E-state index contributed by atoms with van der Waals surface area (Å²) in [5, 5.41) is 0. The van der Waals surface area contributed by atoms with Gasteiger partial charge >= 0.3 is 0 Å². The summed E-state index contributed by atoms with van der Waals surface area (Å²) in [5.74, 6) is 0.616. The Kier molecular flexibility index (Phi) is 2.14. The van der Waals surface area contributed by atoms with E-state index < -0.39 is 0 Å². The van der Waals surface area contributed by atoms with Crippen molar-refractivity contribution in [2.75, 3.05) is 0 Å². The van der Waals surface area contributed by atoms with Crippen molar-refractivity contribution in [3.63, 3.8) is 0 Å². The first-order valence-electron chi connectivity index (χ1n) is 4.28. The fourth-order valence-electron chi connectivity index (χ4n) is 1.37. The summed E-state index contributed by atoms with van der Waals surface area (Å²) in [4.78, 5) is 15.5. The van der Waals surface area contributed by atoms with E-state index in [9.17, 15) is 4.79 Å². The van der Waals surface area contributed by atoms with Crippen molar-refractivity contribution in [2.45, 2.75) is 6.92 Å². The van der Waals surface area contributed by atoms with Gasteiger partial charge in [-0.2, -0.15) is 0 Å². The minimum Gasteiger partial charge on any atom is -0.469 e. The van der Waals surface area contributed by atoms with E-state index in [-0.39, 0.29) is 5.43 Å². The van der Waals surface area contributed by atoms with E-state index >= 15 is 0 Å². The van der Waals surface area contributed by atoms with Gasteiger partial charge in [0.25, 0.3) is 0 Å². The summed E-state index contributed by atoms with van der Waals surface area (Å²) in [7, 11) is 0. The molecule has 0 unspecified atom stereocenters. The molecule has 0 aliphatic rings. The molecule has 2 rings (SSSR count). The molecule has 0 bridgehead atoms. The maximum Gasteiger partial charge on any atom is 0.192 e. The lowest BCUT2D eigenvalue weighted by atomic mass is 10.1. The highest BCUT2D eigenvalue weighted by Crippen LogP contribution is 2.17. The number of pyridine rings is 1. The summed E-state index contributed by atoms with van der Waals surface area (Å²) >= 11 is 0. The highest BCUT2D eigenvalue weighted by molar-refractivity contribution is 5.63. The molecule has 3 heteroatoms. The quantitative estimate of drug-likeness (QED) is 0.685. The van der Waals surface area contributed by atoms with Crippen molar-refractivity contribution < 1.29 is 4.42 Å². The van der Waals surface area contributed by atoms with Crippen LogP contribution in [0.15, 0.2) is 46.1 Å². The van der Waals surface area contributed by atoms with Crippen LogP contribution in [0.5, 0.6) is 0 Å². The topological polar surface area (TPSA) is 43.1 Å². The van der Waals surface area contributed by atoms with E-state index in [0.717, 1.165) is 5.56 Å². The number of hydrogen-bond acceptors (Lipinski definition) is 3. The summed E-state index contributed by atoms with van der Waals surface area (Å²) in [6.45, 7) is 1.77. The summed E-state index contributed by atoms with van der Waals surface area (Å²) in [6.07, 6.45) is 4.72. The van der Waals surface area contributed by atoms with Gasteiger partial charge in [-0.05, 0) is 13.0 Å². The Morgan fingerprint density at radius 2 is 2.21 bits per heavy atom. The molecule has 0 atom stereocenters. The molecule has 70 valence electrons. The fourth-order valence-corrected chi connectivity index (χ4v) is 1.37. The first-order valence-corrected chi connectivity index (χ1v) is 4.28. The van der Waals surface area contributed by atoms with E-state index in [1.807, 2.05) is 6.07 Å². The van der Waals surface area contributed by atoms with Crippen LogP contribution < -0.4 is 5.43 Å². The smallest absolute Gasteiger partial charge is 0.192 e. The van der Waals surface area contributed by atoms with Crippen LogP contribution in [0.1, 0.15) is 5.76 Å². The van der Waals surface area contributed by atoms with Crippen molar-refractivity contribution in [2.24, 2.45) is 0 Å². The Morgan fingerprint density at radius 3 is 2.86 bits per heavy atom. The molecule has 14 heavy (non-hydrogen) atoms.